The number of aromatic nitrogens is 2. The van der Waals surface area contributed by atoms with Crippen molar-refractivity contribution in [3.63, 3.8) is 0 Å². The Morgan fingerprint density at radius 3 is 2.88 bits per heavy atom. The second kappa shape index (κ2) is 5.00. The highest BCUT2D eigenvalue weighted by Crippen LogP contribution is 2.22. The Bertz CT molecular complexity index is 347. The van der Waals surface area contributed by atoms with E-state index in [4.69, 9.17) is 11.6 Å². The summed E-state index contributed by atoms with van der Waals surface area (Å²) in [4.78, 5) is 10.7. The van der Waals surface area contributed by atoms with Crippen molar-refractivity contribution in [3.8, 4) is 0 Å². The molecule has 1 saturated heterocycles. The molecule has 0 aliphatic carbocycles. The third-order valence-electron chi connectivity index (χ3n) is 3.15. The minimum absolute atomic E-state index is 0.354. The van der Waals surface area contributed by atoms with Gasteiger partial charge < -0.3 is 4.90 Å². The van der Waals surface area contributed by atoms with Gasteiger partial charge in [-0.05, 0) is 43.7 Å². The molecule has 1 fully saturated rings. The maximum absolute atomic E-state index is 5.89. The van der Waals surface area contributed by atoms with Gasteiger partial charge in [0.2, 0.25) is 5.28 Å². The third-order valence-corrected chi connectivity index (χ3v) is 3.32. The van der Waals surface area contributed by atoms with Crippen LogP contribution in [0.25, 0.3) is 0 Å². The number of rotatable bonds is 1. The fourth-order valence-corrected chi connectivity index (χ4v) is 2.39. The Labute approximate surface area is 102 Å². The SMILES string of the molecule is Cc1cc(N2CCCC(C)CC2)nc(Cl)n1. The average Bonchev–Trinajstić information content (AvgIpc) is 2.41. The van der Waals surface area contributed by atoms with Crippen molar-refractivity contribution in [2.45, 2.75) is 33.1 Å². The van der Waals surface area contributed by atoms with Gasteiger partial charge in [0.25, 0.3) is 0 Å². The average molecular weight is 240 g/mol. The van der Waals surface area contributed by atoms with E-state index in [2.05, 4.69) is 21.8 Å². The summed E-state index contributed by atoms with van der Waals surface area (Å²) in [5.74, 6) is 1.80. The van der Waals surface area contributed by atoms with E-state index in [1.54, 1.807) is 0 Å². The van der Waals surface area contributed by atoms with Crippen LogP contribution in [0.3, 0.4) is 0 Å². The number of anilines is 1. The van der Waals surface area contributed by atoms with E-state index in [0.29, 0.717) is 5.28 Å². The highest BCUT2D eigenvalue weighted by Gasteiger charge is 2.15. The van der Waals surface area contributed by atoms with Gasteiger partial charge in [0.05, 0.1) is 0 Å². The van der Waals surface area contributed by atoms with Crippen molar-refractivity contribution in [2.24, 2.45) is 5.92 Å². The maximum Gasteiger partial charge on any atom is 0.224 e. The molecule has 0 amide bonds. The van der Waals surface area contributed by atoms with Gasteiger partial charge in [0.15, 0.2) is 0 Å². The molecular weight excluding hydrogens is 222 g/mol. The van der Waals surface area contributed by atoms with Gasteiger partial charge in [-0.2, -0.15) is 0 Å². The summed E-state index contributed by atoms with van der Waals surface area (Å²) < 4.78 is 0. The Kier molecular flexibility index (Phi) is 3.64. The monoisotopic (exact) mass is 239 g/mol. The Balaban J connectivity index is 2.16. The summed E-state index contributed by atoms with van der Waals surface area (Å²) in [6.07, 6.45) is 3.79. The number of aryl methyl sites for hydroxylation is 1. The van der Waals surface area contributed by atoms with Gasteiger partial charge in [-0.25, -0.2) is 9.97 Å². The molecule has 2 heterocycles. The highest BCUT2D eigenvalue weighted by atomic mass is 35.5. The molecule has 4 heteroatoms. The molecule has 16 heavy (non-hydrogen) atoms. The summed E-state index contributed by atoms with van der Waals surface area (Å²) in [6.45, 7) is 6.43. The zero-order valence-corrected chi connectivity index (χ0v) is 10.7. The zero-order valence-electron chi connectivity index (χ0n) is 9.91. The molecule has 1 unspecified atom stereocenters. The molecule has 0 bridgehead atoms. The summed E-state index contributed by atoms with van der Waals surface area (Å²) in [5, 5.41) is 0.354. The zero-order chi connectivity index (χ0) is 11.5. The number of halogens is 1. The molecule has 1 atom stereocenters. The smallest absolute Gasteiger partial charge is 0.224 e. The first-order valence-corrected chi connectivity index (χ1v) is 6.29. The topological polar surface area (TPSA) is 29.0 Å². The molecule has 1 aromatic rings. The van der Waals surface area contributed by atoms with E-state index in [-0.39, 0.29) is 0 Å². The molecule has 0 spiro atoms. The van der Waals surface area contributed by atoms with E-state index in [1.165, 1.54) is 19.3 Å². The Hall–Kier alpha value is -0.830. The van der Waals surface area contributed by atoms with Crippen molar-refractivity contribution >= 4 is 17.4 Å². The molecule has 0 N–H and O–H groups in total. The molecule has 0 aromatic carbocycles. The van der Waals surface area contributed by atoms with E-state index in [0.717, 1.165) is 30.5 Å². The standard InChI is InChI=1S/C12H18ClN3/c1-9-4-3-6-16(7-5-9)11-8-10(2)14-12(13)15-11/h8-9H,3-7H2,1-2H3. The first-order valence-electron chi connectivity index (χ1n) is 5.91. The highest BCUT2D eigenvalue weighted by molar-refractivity contribution is 6.28. The predicted molar refractivity (Wildman–Crippen MR) is 67.0 cm³/mol. The van der Waals surface area contributed by atoms with Crippen LogP contribution in [0.15, 0.2) is 6.07 Å². The van der Waals surface area contributed by atoms with Crippen LogP contribution in [0.2, 0.25) is 5.28 Å². The Morgan fingerprint density at radius 2 is 2.12 bits per heavy atom. The summed E-state index contributed by atoms with van der Waals surface area (Å²) in [6, 6.07) is 2.02. The van der Waals surface area contributed by atoms with Crippen LogP contribution in [0.4, 0.5) is 5.82 Å². The molecule has 1 aliphatic rings. The van der Waals surface area contributed by atoms with Crippen LogP contribution in [-0.2, 0) is 0 Å². The lowest BCUT2D eigenvalue weighted by Crippen LogP contribution is -2.25. The molecular formula is C12H18ClN3. The lowest BCUT2D eigenvalue weighted by Gasteiger charge is -2.21. The predicted octanol–water partition coefficient (Wildman–Crippen LogP) is 3.06. The van der Waals surface area contributed by atoms with E-state index in [9.17, 15) is 0 Å². The molecule has 2 rings (SSSR count). The van der Waals surface area contributed by atoms with Crippen molar-refractivity contribution < 1.29 is 0 Å². The summed E-state index contributed by atoms with van der Waals surface area (Å²) in [7, 11) is 0. The first kappa shape index (κ1) is 11.6. The van der Waals surface area contributed by atoms with Gasteiger partial charge in [0.1, 0.15) is 5.82 Å². The number of nitrogens with zero attached hydrogens (tertiary/aromatic N) is 3. The lowest BCUT2D eigenvalue weighted by atomic mass is 10.0. The van der Waals surface area contributed by atoms with Crippen LogP contribution >= 0.6 is 11.6 Å². The van der Waals surface area contributed by atoms with Crippen molar-refractivity contribution in [2.75, 3.05) is 18.0 Å². The normalized spacial score (nSPS) is 21.9. The molecule has 0 radical (unpaired) electrons. The molecule has 88 valence electrons. The van der Waals surface area contributed by atoms with E-state index < -0.39 is 0 Å². The number of hydrogen-bond donors (Lipinski definition) is 0. The van der Waals surface area contributed by atoms with Gasteiger partial charge in [-0.3, -0.25) is 0 Å². The molecule has 1 aliphatic heterocycles. The van der Waals surface area contributed by atoms with Crippen molar-refractivity contribution in [1.29, 1.82) is 0 Å². The van der Waals surface area contributed by atoms with Crippen molar-refractivity contribution in [1.82, 2.24) is 9.97 Å². The first-order chi connectivity index (χ1) is 7.65. The summed E-state index contributed by atoms with van der Waals surface area (Å²) >= 11 is 5.89. The maximum atomic E-state index is 5.89. The van der Waals surface area contributed by atoms with Crippen molar-refractivity contribution in [3.05, 3.63) is 17.0 Å². The fraction of sp³-hybridized carbons (Fsp3) is 0.667. The molecule has 0 saturated carbocycles. The van der Waals surface area contributed by atoms with Crippen LogP contribution in [-0.4, -0.2) is 23.1 Å². The minimum atomic E-state index is 0.354. The van der Waals surface area contributed by atoms with Gasteiger partial charge >= 0.3 is 0 Å². The van der Waals surface area contributed by atoms with E-state index >= 15 is 0 Å². The van der Waals surface area contributed by atoms with Gasteiger partial charge in [-0.1, -0.05) is 6.92 Å². The van der Waals surface area contributed by atoms with Crippen LogP contribution in [0, 0.1) is 12.8 Å². The Morgan fingerprint density at radius 1 is 1.31 bits per heavy atom. The summed E-state index contributed by atoms with van der Waals surface area (Å²) in [5.41, 5.74) is 0.937. The van der Waals surface area contributed by atoms with E-state index in [1.807, 2.05) is 13.0 Å². The quantitative estimate of drug-likeness (QED) is 0.706. The largest absolute Gasteiger partial charge is 0.356 e. The fourth-order valence-electron chi connectivity index (χ4n) is 2.17. The number of hydrogen-bond acceptors (Lipinski definition) is 3. The minimum Gasteiger partial charge on any atom is -0.356 e. The lowest BCUT2D eigenvalue weighted by molar-refractivity contribution is 0.521. The van der Waals surface area contributed by atoms with Gasteiger partial charge in [-0.15, -0.1) is 0 Å². The van der Waals surface area contributed by atoms with Crippen LogP contribution in [0.5, 0.6) is 0 Å². The third kappa shape index (κ3) is 2.85. The van der Waals surface area contributed by atoms with Gasteiger partial charge in [0, 0.05) is 24.8 Å². The molecule has 3 nitrogen and oxygen atoms in total. The second-order valence-corrected chi connectivity index (χ2v) is 5.00. The van der Waals surface area contributed by atoms with Crippen LogP contribution < -0.4 is 4.90 Å². The molecule has 1 aromatic heterocycles. The van der Waals surface area contributed by atoms with Crippen LogP contribution in [0.1, 0.15) is 31.9 Å². The second-order valence-electron chi connectivity index (χ2n) is 4.66.